The Morgan fingerprint density at radius 2 is 2.30 bits per heavy atom. The molecule has 0 heterocycles. The minimum Gasteiger partial charge on any atom is -0.394 e. The fraction of sp³-hybridized carbons (Fsp3) is 0.833. The fourth-order valence-corrected chi connectivity index (χ4v) is 0.623. The second-order valence-electron chi connectivity index (χ2n) is 1.93. The molecule has 0 saturated heterocycles. The van der Waals surface area contributed by atoms with Crippen LogP contribution in [-0.4, -0.2) is 42.4 Å². The van der Waals surface area contributed by atoms with Gasteiger partial charge >= 0.3 is 0 Å². The molecule has 0 aliphatic carbocycles. The van der Waals surface area contributed by atoms with E-state index in [4.69, 9.17) is 14.9 Å². The maximum atomic E-state index is 9.92. The molecular weight excluding hydrogens is 136 g/mol. The predicted molar refractivity (Wildman–Crippen MR) is 34.6 cm³/mol. The second kappa shape index (κ2) is 5.34. The molecule has 0 radical (unpaired) electrons. The van der Waals surface area contributed by atoms with Crippen molar-refractivity contribution in [3.63, 3.8) is 0 Å². The minimum absolute atomic E-state index is 0.109. The van der Waals surface area contributed by atoms with Crippen molar-refractivity contribution in [2.75, 3.05) is 13.7 Å². The smallest absolute Gasteiger partial charge is 0.122 e. The topological polar surface area (TPSA) is 66.8 Å². The van der Waals surface area contributed by atoms with Gasteiger partial charge in [0.2, 0.25) is 0 Å². The second-order valence-corrected chi connectivity index (χ2v) is 1.93. The molecule has 0 bridgehead atoms. The van der Waals surface area contributed by atoms with Crippen LogP contribution < -0.4 is 0 Å². The number of hydrogen-bond donors (Lipinski definition) is 2. The Labute approximate surface area is 59.4 Å². The first-order chi connectivity index (χ1) is 4.76. The average Bonchev–Trinajstić information content (AvgIpc) is 1.99. The summed E-state index contributed by atoms with van der Waals surface area (Å²) in [5.41, 5.74) is 0. The summed E-state index contributed by atoms with van der Waals surface area (Å²) >= 11 is 0. The van der Waals surface area contributed by atoms with Gasteiger partial charge in [-0.25, -0.2) is 0 Å². The first-order valence-corrected chi connectivity index (χ1v) is 3.01. The Morgan fingerprint density at radius 3 is 2.60 bits per heavy atom. The zero-order valence-electron chi connectivity index (χ0n) is 5.86. The quantitative estimate of drug-likeness (QED) is 0.488. The lowest BCUT2D eigenvalue weighted by Crippen LogP contribution is -2.31. The number of carbonyl (C=O) groups is 1. The van der Waals surface area contributed by atoms with Gasteiger partial charge < -0.3 is 19.7 Å². The van der Waals surface area contributed by atoms with Gasteiger partial charge in [-0.3, -0.25) is 0 Å². The Morgan fingerprint density at radius 1 is 1.70 bits per heavy atom. The summed E-state index contributed by atoms with van der Waals surface area (Å²) in [6.07, 6.45) is -0.789. The monoisotopic (exact) mass is 148 g/mol. The van der Waals surface area contributed by atoms with Crippen LogP contribution in [0.4, 0.5) is 0 Å². The molecule has 0 spiro atoms. The van der Waals surface area contributed by atoms with Crippen molar-refractivity contribution >= 4 is 6.29 Å². The molecule has 0 aromatic carbocycles. The zero-order valence-corrected chi connectivity index (χ0v) is 5.86. The first kappa shape index (κ1) is 9.55. The SMILES string of the molecule is COC(CC=O)C(O)CO. The maximum Gasteiger partial charge on any atom is 0.122 e. The normalized spacial score (nSPS) is 16.3. The van der Waals surface area contributed by atoms with Gasteiger partial charge in [0.15, 0.2) is 0 Å². The molecule has 0 aromatic rings. The fourth-order valence-electron chi connectivity index (χ4n) is 0.623. The van der Waals surface area contributed by atoms with E-state index in [1.54, 1.807) is 0 Å². The van der Waals surface area contributed by atoms with Crippen molar-refractivity contribution < 1.29 is 19.7 Å². The average molecular weight is 148 g/mol. The predicted octanol–water partition coefficient (Wildman–Crippen LogP) is -1.06. The molecule has 10 heavy (non-hydrogen) atoms. The summed E-state index contributed by atoms with van der Waals surface area (Å²) in [7, 11) is 1.38. The van der Waals surface area contributed by atoms with Crippen LogP contribution in [0, 0.1) is 0 Å². The number of aldehydes is 1. The molecule has 0 aliphatic rings. The van der Waals surface area contributed by atoms with Gasteiger partial charge in [-0.2, -0.15) is 0 Å². The van der Waals surface area contributed by atoms with Crippen LogP contribution in [0.1, 0.15) is 6.42 Å². The summed E-state index contributed by atoms with van der Waals surface area (Å²) < 4.78 is 4.70. The summed E-state index contributed by atoms with van der Waals surface area (Å²) in [6, 6.07) is 0. The first-order valence-electron chi connectivity index (χ1n) is 3.01. The number of methoxy groups -OCH3 is 1. The van der Waals surface area contributed by atoms with E-state index in [1.165, 1.54) is 7.11 Å². The number of hydrogen-bond acceptors (Lipinski definition) is 4. The van der Waals surface area contributed by atoms with Crippen LogP contribution in [0.5, 0.6) is 0 Å². The van der Waals surface area contributed by atoms with E-state index in [0.29, 0.717) is 6.29 Å². The Bertz CT molecular complexity index is 93.7. The summed E-state index contributed by atoms with van der Waals surface area (Å²) in [5, 5.41) is 17.3. The highest BCUT2D eigenvalue weighted by molar-refractivity contribution is 5.50. The third kappa shape index (κ3) is 2.91. The molecule has 4 heteroatoms. The number of carbonyl (C=O) groups excluding carboxylic acids is 1. The number of aliphatic hydroxyl groups excluding tert-OH is 2. The van der Waals surface area contributed by atoms with Gasteiger partial charge in [0.25, 0.3) is 0 Å². The molecular formula is C6H12O4. The van der Waals surface area contributed by atoms with Gasteiger partial charge in [-0.1, -0.05) is 0 Å². The third-order valence-corrected chi connectivity index (χ3v) is 1.25. The zero-order chi connectivity index (χ0) is 7.98. The van der Waals surface area contributed by atoms with Gasteiger partial charge in [0, 0.05) is 13.5 Å². The van der Waals surface area contributed by atoms with Crippen LogP contribution in [0.3, 0.4) is 0 Å². The van der Waals surface area contributed by atoms with Crippen LogP contribution in [0.25, 0.3) is 0 Å². The van der Waals surface area contributed by atoms with E-state index < -0.39 is 12.2 Å². The van der Waals surface area contributed by atoms with Crippen LogP contribution in [0.2, 0.25) is 0 Å². The van der Waals surface area contributed by atoms with Crippen molar-refractivity contribution in [3.05, 3.63) is 0 Å². The molecule has 0 fully saturated rings. The van der Waals surface area contributed by atoms with E-state index >= 15 is 0 Å². The van der Waals surface area contributed by atoms with Gasteiger partial charge in [0.05, 0.1) is 12.7 Å². The molecule has 60 valence electrons. The molecule has 0 aliphatic heterocycles. The lowest BCUT2D eigenvalue weighted by molar-refractivity contribution is -0.113. The summed E-state index contributed by atoms with van der Waals surface area (Å²) in [5.74, 6) is 0. The maximum absolute atomic E-state index is 9.92. The van der Waals surface area contributed by atoms with Crippen molar-refractivity contribution in [3.8, 4) is 0 Å². The summed E-state index contributed by atoms with van der Waals surface area (Å²) in [6.45, 7) is -0.383. The highest BCUT2D eigenvalue weighted by Crippen LogP contribution is 2.00. The summed E-state index contributed by atoms with van der Waals surface area (Å²) in [4.78, 5) is 9.92. The molecule has 0 rings (SSSR count). The van der Waals surface area contributed by atoms with Crippen molar-refractivity contribution in [1.82, 2.24) is 0 Å². The lowest BCUT2D eigenvalue weighted by atomic mass is 10.1. The minimum atomic E-state index is -0.963. The molecule has 2 unspecified atom stereocenters. The molecule has 0 saturated carbocycles. The lowest BCUT2D eigenvalue weighted by Gasteiger charge is -2.16. The largest absolute Gasteiger partial charge is 0.394 e. The van der Waals surface area contributed by atoms with Gasteiger partial charge in [-0.05, 0) is 0 Å². The highest BCUT2D eigenvalue weighted by Gasteiger charge is 2.16. The molecule has 0 aromatic heterocycles. The molecule has 2 atom stereocenters. The van der Waals surface area contributed by atoms with Crippen LogP contribution in [0.15, 0.2) is 0 Å². The highest BCUT2D eigenvalue weighted by atomic mass is 16.5. The van der Waals surface area contributed by atoms with Crippen LogP contribution >= 0.6 is 0 Å². The molecule has 2 N–H and O–H groups in total. The number of ether oxygens (including phenoxy) is 1. The number of rotatable bonds is 5. The van der Waals surface area contributed by atoms with Gasteiger partial charge in [-0.15, -0.1) is 0 Å². The Kier molecular flexibility index (Phi) is 5.10. The van der Waals surface area contributed by atoms with E-state index in [0.717, 1.165) is 0 Å². The van der Waals surface area contributed by atoms with Crippen LogP contribution in [-0.2, 0) is 9.53 Å². The molecule has 4 nitrogen and oxygen atoms in total. The van der Waals surface area contributed by atoms with Crippen molar-refractivity contribution in [2.24, 2.45) is 0 Å². The molecule has 0 amide bonds. The van der Waals surface area contributed by atoms with Crippen molar-refractivity contribution in [1.29, 1.82) is 0 Å². The number of aliphatic hydroxyl groups is 2. The standard InChI is InChI=1S/C6H12O4/c1-10-6(2-3-7)5(9)4-8/h3,5-6,8-9H,2,4H2,1H3. The third-order valence-electron chi connectivity index (χ3n) is 1.25. The Balaban J connectivity index is 3.67. The van der Waals surface area contributed by atoms with Crippen molar-refractivity contribution in [2.45, 2.75) is 18.6 Å². The van der Waals surface area contributed by atoms with E-state index in [-0.39, 0.29) is 13.0 Å². The van der Waals surface area contributed by atoms with E-state index in [2.05, 4.69) is 0 Å². The van der Waals surface area contributed by atoms with Gasteiger partial charge in [0.1, 0.15) is 12.4 Å². The van der Waals surface area contributed by atoms with E-state index in [1.807, 2.05) is 0 Å². The Hall–Kier alpha value is -0.450. The van der Waals surface area contributed by atoms with E-state index in [9.17, 15) is 4.79 Å².